The first-order valence-electron chi connectivity index (χ1n) is 4.29. The zero-order valence-electron chi connectivity index (χ0n) is 7.31. The summed E-state index contributed by atoms with van der Waals surface area (Å²) in [6, 6.07) is 14.1. The molecule has 1 heterocycles. The number of benzene rings is 1. The van der Waals surface area contributed by atoms with E-state index in [2.05, 4.69) is 17.9 Å². The molecule has 1 aromatic carbocycles. The van der Waals surface area contributed by atoms with Crippen molar-refractivity contribution in [3.8, 4) is 0 Å². The number of furan rings is 1. The lowest BCUT2D eigenvalue weighted by atomic mass is 10.1. The number of hydrogen-bond donors (Lipinski definition) is 1. The van der Waals surface area contributed by atoms with Crippen LogP contribution in [0.25, 0.3) is 0 Å². The van der Waals surface area contributed by atoms with Crippen LogP contribution in [0.2, 0.25) is 0 Å². The summed E-state index contributed by atoms with van der Waals surface area (Å²) in [6.45, 7) is 0. The Morgan fingerprint density at radius 1 is 1.00 bits per heavy atom. The first-order valence-corrected chi connectivity index (χ1v) is 4.29. The second kappa shape index (κ2) is 3.46. The summed E-state index contributed by atoms with van der Waals surface area (Å²) in [4.78, 5) is 0. The van der Waals surface area contributed by atoms with E-state index in [4.69, 9.17) is 4.42 Å². The summed E-state index contributed by atoms with van der Waals surface area (Å²) in [7, 11) is 0. The lowest BCUT2D eigenvalue weighted by molar-refractivity contribution is -0.415. The molecule has 2 rings (SSSR count). The Labute approximate surface area is 77.0 Å². The molecule has 2 nitrogen and oxygen atoms in total. The predicted octanol–water partition coefficient (Wildman–Crippen LogP) is 1.61. The van der Waals surface area contributed by atoms with Crippen molar-refractivity contribution in [3.05, 3.63) is 60.1 Å². The lowest BCUT2D eigenvalue weighted by Gasteiger charge is -2.04. The Hall–Kier alpha value is -1.54. The van der Waals surface area contributed by atoms with Crippen molar-refractivity contribution in [2.24, 2.45) is 0 Å². The van der Waals surface area contributed by atoms with Gasteiger partial charge in [-0.25, -0.2) is 0 Å². The highest BCUT2D eigenvalue weighted by Crippen LogP contribution is 2.17. The highest BCUT2D eigenvalue weighted by atomic mass is 16.3. The maximum absolute atomic E-state index is 5.29. The molecule has 3 N–H and O–H groups in total. The fourth-order valence-electron chi connectivity index (χ4n) is 1.34. The summed E-state index contributed by atoms with van der Waals surface area (Å²) in [5, 5.41) is 0. The van der Waals surface area contributed by atoms with Crippen LogP contribution in [0.1, 0.15) is 17.4 Å². The third-order valence-corrected chi connectivity index (χ3v) is 2.09. The smallest absolute Gasteiger partial charge is 0.169 e. The Balaban J connectivity index is 2.29. The number of quaternary nitrogens is 1. The Kier molecular flexibility index (Phi) is 2.15. The molecule has 1 aromatic heterocycles. The van der Waals surface area contributed by atoms with Crippen molar-refractivity contribution in [3.63, 3.8) is 0 Å². The minimum Gasteiger partial charge on any atom is -0.463 e. The van der Waals surface area contributed by atoms with Gasteiger partial charge in [0, 0.05) is 5.56 Å². The molecular weight excluding hydrogens is 162 g/mol. The van der Waals surface area contributed by atoms with Crippen molar-refractivity contribution >= 4 is 0 Å². The van der Waals surface area contributed by atoms with E-state index in [1.165, 1.54) is 5.56 Å². The maximum atomic E-state index is 5.29. The van der Waals surface area contributed by atoms with Crippen molar-refractivity contribution in [1.82, 2.24) is 0 Å². The van der Waals surface area contributed by atoms with Crippen molar-refractivity contribution in [2.75, 3.05) is 0 Å². The minimum atomic E-state index is 0.0937. The quantitative estimate of drug-likeness (QED) is 0.738. The zero-order chi connectivity index (χ0) is 9.10. The first kappa shape index (κ1) is 8.08. The largest absolute Gasteiger partial charge is 0.463 e. The highest BCUT2D eigenvalue weighted by molar-refractivity contribution is 5.23. The van der Waals surface area contributed by atoms with Gasteiger partial charge in [-0.05, 0) is 12.1 Å². The molecule has 0 saturated heterocycles. The van der Waals surface area contributed by atoms with E-state index in [9.17, 15) is 0 Å². The van der Waals surface area contributed by atoms with Crippen LogP contribution >= 0.6 is 0 Å². The first-order chi connectivity index (χ1) is 6.38. The van der Waals surface area contributed by atoms with Gasteiger partial charge in [-0.3, -0.25) is 0 Å². The van der Waals surface area contributed by atoms with E-state index < -0.39 is 0 Å². The molecule has 0 spiro atoms. The normalized spacial score (nSPS) is 12.7. The van der Waals surface area contributed by atoms with Crippen LogP contribution < -0.4 is 5.73 Å². The lowest BCUT2D eigenvalue weighted by Crippen LogP contribution is -2.53. The molecule has 0 radical (unpaired) electrons. The van der Waals surface area contributed by atoms with E-state index in [1.54, 1.807) is 6.26 Å². The number of hydrogen-bond acceptors (Lipinski definition) is 1. The SMILES string of the molecule is [NH3+][C@H](c1ccccc1)c1ccco1. The van der Waals surface area contributed by atoms with E-state index in [-0.39, 0.29) is 6.04 Å². The monoisotopic (exact) mass is 174 g/mol. The zero-order valence-corrected chi connectivity index (χ0v) is 7.31. The molecule has 0 aliphatic heterocycles. The van der Waals surface area contributed by atoms with Crippen molar-refractivity contribution < 1.29 is 10.2 Å². The van der Waals surface area contributed by atoms with E-state index in [0.29, 0.717) is 0 Å². The topological polar surface area (TPSA) is 40.8 Å². The van der Waals surface area contributed by atoms with Gasteiger partial charge in [0.15, 0.2) is 11.8 Å². The average molecular weight is 174 g/mol. The molecule has 0 aliphatic carbocycles. The van der Waals surface area contributed by atoms with Crippen LogP contribution in [0.4, 0.5) is 0 Å². The third kappa shape index (κ3) is 1.63. The van der Waals surface area contributed by atoms with Gasteiger partial charge in [-0.2, -0.15) is 0 Å². The molecule has 1 atom stereocenters. The maximum Gasteiger partial charge on any atom is 0.169 e. The minimum absolute atomic E-state index is 0.0937. The molecule has 2 aromatic rings. The summed E-state index contributed by atoms with van der Waals surface area (Å²) in [6.07, 6.45) is 1.68. The van der Waals surface area contributed by atoms with Gasteiger partial charge in [0.2, 0.25) is 0 Å². The van der Waals surface area contributed by atoms with E-state index in [0.717, 1.165) is 5.76 Å². The van der Waals surface area contributed by atoms with Gasteiger partial charge in [0.05, 0.1) is 6.26 Å². The van der Waals surface area contributed by atoms with Gasteiger partial charge < -0.3 is 10.2 Å². The van der Waals surface area contributed by atoms with Gasteiger partial charge in [0.25, 0.3) is 0 Å². The highest BCUT2D eigenvalue weighted by Gasteiger charge is 2.13. The Bertz CT molecular complexity index is 353. The standard InChI is InChI=1S/C11H11NO/c12-11(10-7-4-8-13-10)9-5-2-1-3-6-9/h1-8,11H,12H2/p+1/t11-/m1/s1. The van der Waals surface area contributed by atoms with Crippen LogP contribution in [0.15, 0.2) is 53.1 Å². The third-order valence-electron chi connectivity index (χ3n) is 2.09. The Morgan fingerprint density at radius 3 is 2.38 bits per heavy atom. The van der Waals surface area contributed by atoms with Gasteiger partial charge in [-0.15, -0.1) is 0 Å². The summed E-state index contributed by atoms with van der Waals surface area (Å²) < 4.78 is 5.29. The fraction of sp³-hybridized carbons (Fsp3) is 0.0909. The molecular formula is C11H12NO+. The summed E-state index contributed by atoms with van der Waals surface area (Å²) in [5.41, 5.74) is 5.24. The predicted molar refractivity (Wildman–Crippen MR) is 49.9 cm³/mol. The second-order valence-corrected chi connectivity index (χ2v) is 2.98. The Morgan fingerprint density at radius 2 is 1.77 bits per heavy atom. The molecule has 66 valence electrons. The van der Waals surface area contributed by atoms with Gasteiger partial charge in [0.1, 0.15) is 0 Å². The van der Waals surface area contributed by atoms with E-state index in [1.807, 2.05) is 30.3 Å². The average Bonchev–Trinajstić information content (AvgIpc) is 2.71. The molecule has 0 amide bonds. The van der Waals surface area contributed by atoms with Crippen LogP contribution in [0, 0.1) is 0 Å². The van der Waals surface area contributed by atoms with Crippen molar-refractivity contribution in [1.29, 1.82) is 0 Å². The molecule has 0 bridgehead atoms. The fourth-order valence-corrected chi connectivity index (χ4v) is 1.34. The van der Waals surface area contributed by atoms with Crippen LogP contribution in [-0.4, -0.2) is 0 Å². The molecule has 2 heteroatoms. The van der Waals surface area contributed by atoms with Crippen LogP contribution in [0.3, 0.4) is 0 Å². The van der Waals surface area contributed by atoms with Gasteiger partial charge in [-0.1, -0.05) is 30.3 Å². The van der Waals surface area contributed by atoms with Crippen LogP contribution in [0.5, 0.6) is 0 Å². The summed E-state index contributed by atoms with van der Waals surface area (Å²) >= 11 is 0. The molecule has 0 saturated carbocycles. The molecule has 13 heavy (non-hydrogen) atoms. The molecule has 0 aliphatic rings. The molecule has 0 fully saturated rings. The summed E-state index contributed by atoms with van der Waals surface area (Å²) in [5.74, 6) is 0.909. The number of rotatable bonds is 2. The van der Waals surface area contributed by atoms with Gasteiger partial charge >= 0.3 is 0 Å². The van der Waals surface area contributed by atoms with Crippen molar-refractivity contribution in [2.45, 2.75) is 6.04 Å². The molecule has 0 unspecified atom stereocenters. The van der Waals surface area contributed by atoms with E-state index >= 15 is 0 Å². The second-order valence-electron chi connectivity index (χ2n) is 2.98. The van der Waals surface area contributed by atoms with Crippen LogP contribution in [-0.2, 0) is 0 Å².